The third-order valence-corrected chi connectivity index (χ3v) is 5.14. The molecule has 4 rings (SSSR count). The lowest BCUT2D eigenvalue weighted by molar-refractivity contribution is 0.415. The average molecular weight is 397 g/mol. The van der Waals surface area contributed by atoms with Crippen LogP contribution in [0.4, 0.5) is 11.6 Å². The summed E-state index contributed by atoms with van der Waals surface area (Å²) < 4.78 is 5.19. The van der Waals surface area contributed by atoms with Crippen molar-refractivity contribution in [2.75, 3.05) is 43.1 Å². The van der Waals surface area contributed by atoms with Crippen LogP contribution in [-0.4, -0.2) is 43.3 Å². The number of benzene rings is 2. The summed E-state index contributed by atoms with van der Waals surface area (Å²) in [6.07, 6.45) is 0. The number of nitrogens with zero attached hydrogens (tertiary/aromatic N) is 3. The summed E-state index contributed by atoms with van der Waals surface area (Å²) in [5.74, 6) is 1.38. The van der Waals surface area contributed by atoms with Gasteiger partial charge in [0.1, 0.15) is 5.75 Å². The SMILES string of the molecule is COc1ccc(-c2cc(=O)[nH]c(N3CCN(c4ccc(Cl)cc4)CC3)n2)cc1. The minimum atomic E-state index is -0.157. The van der Waals surface area contributed by atoms with Crippen molar-refractivity contribution in [3.63, 3.8) is 0 Å². The molecule has 0 unspecified atom stereocenters. The predicted octanol–water partition coefficient (Wildman–Crippen LogP) is 3.43. The number of nitrogens with one attached hydrogen (secondary N) is 1. The fourth-order valence-corrected chi connectivity index (χ4v) is 3.46. The fraction of sp³-hybridized carbons (Fsp3) is 0.238. The van der Waals surface area contributed by atoms with Crippen molar-refractivity contribution in [2.45, 2.75) is 0 Å². The maximum absolute atomic E-state index is 12.2. The molecule has 1 saturated heterocycles. The molecule has 144 valence electrons. The van der Waals surface area contributed by atoms with Gasteiger partial charge in [-0.2, -0.15) is 0 Å². The van der Waals surface area contributed by atoms with Gasteiger partial charge in [0.2, 0.25) is 5.95 Å². The van der Waals surface area contributed by atoms with Crippen molar-refractivity contribution < 1.29 is 4.74 Å². The second-order valence-electron chi connectivity index (χ2n) is 6.63. The van der Waals surface area contributed by atoms with Crippen molar-refractivity contribution in [2.24, 2.45) is 0 Å². The van der Waals surface area contributed by atoms with Gasteiger partial charge in [-0.15, -0.1) is 0 Å². The highest BCUT2D eigenvalue weighted by Crippen LogP contribution is 2.23. The van der Waals surface area contributed by atoms with E-state index in [0.29, 0.717) is 11.6 Å². The molecular formula is C21H21ClN4O2. The van der Waals surface area contributed by atoms with Gasteiger partial charge in [-0.3, -0.25) is 9.78 Å². The van der Waals surface area contributed by atoms with Crippen LogP contribution in [-0.2, 0) is 0 Å². The van der Waals surface area contributed by atoms with Crippen LogP contribution in [0, 0.1) is 0 Å². The molecule has 7 heteroatoms. The molecule has 1 N–H and O–H groups in total. The fourth-order valence-electron chi connectivity index (χ4n) is 3.33. The van der Waals surface area contributed by atoms with Crippen molar-refractivity contribution in [3.05, 3.63) is 70.0 Å². The Bertz CT molecular complexity index is 994. The molecule has 0 saturated carbocycles. The molecule has 1 aliphatic rings. The zero-order valence-corrected chi connectivity index (χ0v) is 16.3. The number of anilines is 2. The number of aromatic amines is 1. The van der Waals surface area contributed by atoms with E-state index in [1.54, 1.807) is 7.11 Å². The third kappa shape index (κ3) is 3.97. The van der Waals surface area contributed by atoms with Crippen LogP contribution in [0.1, 0.15) is 0 Å². The van der Waals surface area contributed by atoms with E-state index in [1.807, 2.05) is 48.5 Å². The number of halogens is 1. The van der Waals surface area contributed by atoms with E-state index in [-0.39, 0.29) is 5.56 Å². The average Bonchev–Trinajstić information content (AvgIpc) is 2.74. The monoisotopic (exact) mass is 396 g/mol. The lowest BCUT2D eigenvalue weighted by Crippen LogP contribution is -2.47. The normalized spacial score (nSPS) is 14.2. The highest BCUT2D eigenvalue weighted by atomic mass is 35.5. The molecule has 28 heavy (non-hydrogen) atoms. The van der Waals surface area contributed by atoms with Crippen molar-refractivity contribution in [3.8, 4) is 17.0 Å². The van der Waals surface area contributed by atoms with E-state index in [4.69, 9.17) is 16.3 Å². The van der Waals surface area contributed by atoms with E-state index in [2.05, 4.69) is 19.8 Å². The van der Waals surface area contributed by atoms with Crippen LogP contribution in [0.2, 0.25) is 5.02 Å². The molecule has 1 aliphatic heterocycles. The van der Waals surface area contributed by atoms with Gasteiger partial charge in [-0.25, -0.2) is 4.98 Å². The van der Waals surface area contributed by atoms with Gasteiger partial charge >= 0.3 is 0 Å². The van der Waals surface area contributed by atoms with Crippen molar-refractivity contribution in [1.82, 2.24) is 9.97 Å². The Morgan fingerprint density at radius 3 is 2.25 bits per heavy atom. The molecule has 0 amide bonds. The lowest BCUT2D eigenvalue weighted by atomic mass is 10.1. The van der Waals surface area contributed by atoms with Crippen LogP contribution in [0.5, 0.6) is 5.75 Å². The summed E-state index contributed by atoms with van der Waals surface area (Å²) >= 11 is 5.98. The number of aromatic nitrogens is 2. The van der Waals surface area contributed by atoms with Crippen LogP contribution < -0.4 is 20.1 Å². The summed E-state index contributed by atoms with van der Waals surface area (Å²) in [5.41, 5.74) is 2.53. The maximum atomic E-state index is 12.2. The first-order valence-corrected chi connectivity index (χ1v) is 9.51. The first-order valence-electron chi connectivity index (χ1n) is 9.13. The molecule has 0 atom stereocenters. The molecule has 0 aliphatic carbocycles. The van der Waals surface area contributed by atoms with Gasteiger partial charge in [0.25, 0.3) is 5.56 Å². The molecule has 3 aromatic rings. The van der Waals surface area contributed by atoms with E-state index < -0.39 is 0 Å². The molecule has 0 spiro atoms. The van der Waals surface area contributed by atoms with E-state index in [0.717, 1.165) is 48.2 Å². The van der Waals surface area contributed by atoms with E-state index in [9.17, 15) is 4.79 Å². The van der Waals surface area contributed by atoms with Crippen LogP contribution >= 0.6 is 11.6 Å². The Hall–Kier alpha value is -2.99. The summed E-state index contributed by atoms with van der Waals surface area (Å²) in [5, 5.41) is 0.736. The number of piperazine rings is 1. The molecule has 0 radical (unpaired) electrons. The Kier molecular flexibility index (Phi) is 5.21. The Labute approximate surface area is 168 Å². The largest absolute Gasteiger partial charge is 0.497 e. The number of ether oxygens (including phenoxy) is 1. The van der Waals surface area contributed by atoms with Crippen LogP contribution in [0.3, 0.4) is 0 Å². The highest BCUT2D eigenvalue weighted by Gasteiger charge is 2.19. The zero-order valence-electron chi connectivity index (χ0n) is 15.6. The summed E-state index contributed by atoms with van der Waals surface area (Å²) in [7, 11) is 1.63. The van der Waals surface area contributed by atoms with Gasteiger partial charge in [-0.05, 0) is 48.5 Å². The Morgan fingerprint density at radius 2 is 1.61 bits per heavy atom. The second-order valence-corrected chi connectivity index (χ2v) is 7.07. The number of rotatable bonds is 4. The molecule has 0 bridgehead atoms. The number of H-pyrrole nitrogens is 1. The summed E-state index contributed by atoms with van der Waals surface area (Å²) in [4.78, 5) is 24.2. The Morgan fingerprint density at radius 1 is 0.964 bits per heavy atom. The number of hydrogen-bond donors (Lipinski definition) is 1. The molecular weight excluding hydrogens is 376 g/mol. The predicted molar refractivity (Wildman–Crippen MR) is 113 cm³/mol. The number of hydrogen-bond acceptors (Lipinski definition) is 5. The summed E-state index contributed by atoms with van der Waals surface area (Å²) in [6, 6.07) is 16.9. The van der Waals surface area contributed by atoms with E-state index in [1.165, 1.54) is 6.07 Å². The molecule has 2 aromatic carbocycles. The molecule has 1 fully saturated rings. The number of methoxy groups -OCH3 is 1. The minimum Gasteiger partial charge on any atom is -0.497 e. The van der Waals surface area contributed by atoms with Crippen LogP contribution in [0.15, 0.2) is 59.4 Å². The van der Waals surface area contributed by atoms with Gasteiger partial charge < -0.3 is 14.5 Å². The second kappa shape index (κ2) is 7.94. The molecule has 1 aromatic heterocycles. The summed E-state index contributed by atoms with van der Waals surface area (Å²) in [6.45, 7) is 3.24. The topological polar surface area (TPSA) is 61.5 Å². The first kappa shape index (κ1) is 18.4. The third-order valence-electron chi connectivity index (χ3n) is 4.89. The van der Waals surface area contributed by atoms with Crippen molar-refractivity contribution >= 4 is 23.2 Å². The molecule has 6 nitrogen and oxygen atoms in total. The zero-order chi connectivity index (χ0) is 19.5. The minimum absolute atomic E-state index is 0.157. The lowest BCUT2D eigenvalue weighted by Gasteiger charge is -2.36. The van der Waals surface area contributed by atoms with Gasteiger partial charge in [-0.1, -0.05) is 11.6 Å². The Balaban J connectivity index is 1.51. The van der Waals surface area contributed by atoms with Gasteiger partial charge in [0, 0.05) is 48.5 Å². The smallest absolute Gasteiger partial charge is 0.252 e. The van der Waals surface area contributed by atoms with Gasteiger partial charge in [0.05, 0.1) is 12.8 Å². The quantitative estimate of drug-likeness (QED) is 0.732. The maximum Gasteiger partial charge on any atom is 0.252 e. The highest BCUT2D eigenvalue weighted by molar-refractivity contribution is 6.30. The van der Waals surface area contributed by atoms with Crippen molar-refractivity contribution in [1.29, 1.82) is 0 Å². The standard InChI is InChI=1S/C21H21ClN4O2/c1-28-18-8-2-15(3-9-18)19-14-20(27)24-21(23-19)26-12-10-25(11-13-26)17-6-4-16(22)5-7-17/h2-9,14H,10-13H2,1H3,(H,23,24,27). The van der Waals surface area contributed by atoms with Gasteiger partial charge in [0.15, 0.2) is 0 Å². The van der Waals surface area contributed by atoms with Crippen LogP contribution in [0.25, 0.3) is 11.3 Å². The molecule has 2 heterocycles. The van der Waals surface area contributed by atoms with E-state index >= 15 is 0 Å². The first-order chi connectivity index (χ1) is 13.6.